The van der Waals surface area contributed by atoms with E-state index >= 15 is 0 Å². The summed E-state index contributed by atoms with van der Waals surface area (Å²) in [6.07, 6.45) is 8.28. The van der Waals surface area contributed by atoms with E-state index in [0.717, 1.165) is 69.7 Å². The molecule has 0 bridgehead atoms. The number of hydrogen-bond acceptors (Lipinski definition) is 8. The van der Waals surface area contributed by atoms with Crippen LogP contribution in [0.3, 0.4) is 0 Å². The van der Waals surface area contributed by atoms with Crippen LogP contribution in [0.25, 0.3) is 0 Å². The van der Waals surface area contributed by atoms with Gasteiger partial charge < -0.3 is 14.5 Å². The van der Waals surface area contributed by atoms with Gasteiger partial charge in [-0.1, -0.05) is 0 Å². The Morgan fingerprint density at radius 3 is 2.56 bits per heavy atom. The predicted molar refractivity (Wildman–Crippen MR) is 136 cm³/mol. The number of nitriles is 1. The van der Waals surface area contributed by atoms with Crippen LogP contribution in [0.1, 0.15) is 63.9 Å². The van der Waals surface area contributed by atoms with Crippen molar-refractivity contribution in [3.63, 3.8) is 0 Å². The molecule has 9 nitrogen and oxygen atoms in total. The second-order valence-electron chi connectivity index (χ2n) is 11.0. The standard InChI is InChI=1S/C26H36BN5O4/c1-26(2,27-17-28)36-25(35)19-7-9-31(10-8-19)16-18-5-11-32(12-6-18)21-13-20(14-29-15-21)22-3-4-23(33)30-24(22)34/h13-15,18-19,22,27H,3-12,16H2,1-2H3,(H,30,33,34). The van der Waals surface area contributed by atoms with Crippen molar-refractivity contribution < 1.29 is 19.1 Å². The Labute approximate surface area is 213 Å². The van der Waals surface area contributed by atoms with E-state index in [-0.39, 0.29) is 36.9 Å². The summed E-state index contributed by atoms with van der Waals surface area (Å²) >= 11 is 0. The largest absolute Gasteiger partial charge is 0.467 e. The average molecular weight is 493 g/mol. The van der Waals surface area contributed by atoms with Gasteiger partial charge in [0.1, 0.15) is 0 Å². The highest BCUT2D eigenvalue weighted by atomic mass is 16.6. The van der Waals surface area contributed by atoms with Crippen molar-refractivity contribution in [2.75, 3.05) is 37.6 Å². The zero-order chi connectivity index (χ0) is 25.7. The topological polar surface area (TPSA) is 116 Å². The number of aromatic nitrogens is 1. The molecule has 1 atom stereocenters. The summed E-state index contributed by atoms with van der Waals surface area (Å²) in [4.78, 5) is 45.4. The first-order valence-electron chi connectivity index (χ1n) is 13.1. The molecule has 192 valence electrons. The Balaban J connectivity index is 1.22. The molecular weight excluding hydrogens is 457 g/mol. The van der Waals surface area contributed by atoms with Crippen LogP contribution in [-0.2, 0) is 19.1 Å². The van der Waals surface area contributed by atoms with Crippen LogP contribution in [0.5, 0.6) is 0 Å². The van der Waals surface area contributed by atoms with Crippen molar-refractivity contribution >= 4 is 30.8 Å². The third kappa shape index (κ3) is 6.64. The fraction of sp³-hybridized carbons (Fsp3) is 0.654. The highest BCUT2D eigenvalue weighted by molar-refractivity contribution is 6.48. The van der Waals surface area contributed by atoms with Gasteiger partial charge in [0.2, 0.25) is 11.8 Å². The second-order valence-corrected chi connectivity index (χ2v) is 11.0. The Morgan fingerprint density at radius 2 is 1.89 bits per heavy atom. The van der Waals surface area contributed by atoms with Crippen molar-refractivity contribution in [3.05, 3.63) is 24.0 Å². The molecule has 1 aromatic rings. The molecule has 0 aromatic carbocycles. The van der Waals surface area contributed by atoms with Crippen LogP contribution in [0.4, 0.5) is 5.69 Å². The van der Waals surface area contributed by atoms with Gasteiger partial charge in [-0.2, -0.15) is 0 Å². The van der Waals surface area contributed by atoms with Gasteiger partial charge in [0.15, 0.2) is 0 Å². The van der Waals surface area contributed by atoms with E-state index in [1.165, 1.54) is 0 Å². The first-order valence-corrected chi connectivity index (χ1v) is 13.1. The van der Waals surface area contributed by atoms with E-state index in [1.807, 2.05) is 6.20 Å². The van der Waals surface area contributed by atoms with Crippen LogP contribution >= 0.6 is 0 Å². The van der Waals surface area contributed by atoms with E-state index in [9.17, 15) is 14.4 Å². The molecule has 1 aromatic heterocycles. The molecule has 4 rings (SSSR count). The number of likely N-dealkylation sites (tertiary alicyclic amines) is 1. The summed E-state index contributed by atoms with van der Waals surface area (Å²) in [7, 11) is 0.202. The van der Waals surface area contributed by atoms with Gasteiger partial charge in [0.25, 0.3) is 0 Å². The fourth-order valence-electron chi connectivity index (χ4n) is 5.49. The smallest absolute Gasteiger partial charge is 0.308 e. The summed E-state index contributed by atoms with van der Waals surface area (Å²) in [5, 5.41) is 11.3. The molecule has 36 heavy (non-hydrogen) atoms. The average Bonchev–Trinajstić information content (AvgIpc) is 2.85. The lowest BCUT2D eigenvalue weighted by Crippen LogP contribution is -2.44. The molecule has 1 unspecified atom stereocenters. The monoisotopic (exact) mass is 493 g/mol. The molecule has 3 saturated heterocycles. The highest BCUT2D eigenvalue weighted by Crippen LogP contribution is 2.30. The minimum absolute atomic E-state index is 0.0785. The molecule has 4 heterocycles. The minimum Gasteiger partial charge on any atom is -0.467 e. The summed E-state index contributed by atoms with van der Waals surface area (Å²) < 4.78 is 5.59. The van der Waals surface area contributed by atoms with E-state index < -0.39 is 5.50 Å². The molecule has 0 radical (unpaired) electrons. The summed E-state index contributed by atoms with van der Waals surface area (Å²) in [6.45, 7) is 8.31. The zero-order valence-electron chi connectivity index (χ0n) is 21.4. The molecule has 0 saturated carbocycles. The maximum Gasteiger partial charge on any atom is 0.308 e. The van der Waals surface area contributed by atoms with Crippen LogP contribution < -0.4 is 10.2 Å². The number of esters is 1. The Morgan fingerprint density at radius 1 is 1.17 bits per heavy atom. The SMILES string of the molecule is CC(C)(BC#N)OC(=O)C1CCN(CC2CCN(c3cncc(C4CCC(=O)NC4=O)c3)CC2)CC1. The van der Waals surface area contributed by atoms with Gasteiger partial charge in [0, 0.05) is 38.2 Å². The number of rotatable bonds is 7. The molecule has 0 spiro atoms. The number of pyridine rings is 1. The first-order chi connectivity index (χ1) is 17.2. The molecule has 2 amide bonds. The Kier molecular flexibility index (Phi) is 8.30. The normalized spacial score (nSPS) is 22.6. The summed E-state index contributed by atoms with van der Waals surface area (Å²) in [6, 6.07) is 2.05. The van der Waals surface area contributed by atoms with Crippen molar-refractivity contribution in [2.24, 2.45) is 11.8 Å². The van der Waals surface area contributed by atoms with Crippen molar-refractivity contribution in [3.8, 4) is 5.97 Å². The van der Waals surface area contributed by atoms with Gasteiger partial charge in [0.05, 0.1) is 29.2 Å². The van der Waals surface area contributed by atoms with Gasteiger partial charge in [-0.15, -0.1) is 0 Å². The van der Waals surface area contributed by atoms with E-state index in [0.29, 0.717) is 18.8 Å². The van der Waals surface area contributed by atoms with Crippen molar-refractivity contribution in [1.82, 2.24) is 15.2 Å². The second kappa shape index (κ2) is 11.4. The van der Waals surface area contributed by atoms with Crippen LogP contribution in [0, 0.1) is 23.1 Å². The van der Waals surface area contributed by atoms with Crippen molar-refractivity contribution in [1.29, 1.82) is 5.26 Å². The number of nitrogens with one attached hydrogen (secondary N) is 1. The lowest BCUT2D eigenvalue weighted by molar-refractivity contribution is -0.157. The quantitative estimate of drug-likeness (QED) is 0.347. The number of piperidine rings is 3. The molecule has 1 N–H and O–H groups in total. The lowest BCUT2D eigenvalue weighted by atomic mass is 9.64. The molecule has 3 fully saturated rings. The van der Waals surface area contributed by atoms with Crippen LogP contribution in [0.2, 0.25) is 0 Å². The zero-order valence-corrected chi connectivity index (χ0v) is 21.4. The van der Waals surface area contributed by atoms with E-state index in [1.54, 1.807) is 20.0 Å². The van der Waals surface area contributed by atoms with Crippen LogP contribution in [-0.4, -0.2) is 73.2 Å². The number of ether oxygens (including phenoxy) is 1. The maximum absolute atomic E-state index is 12.5. The number of nitrogens with zero attached hydrogens (tertiary/aromatic N) is 4. The molecular formula is C26H36BN5O4. The number of imide groups is 1. The highest BCUT2D eigenvalue weighted by Gasteiger charge is 2.33. The van der Waals surface area contributed by atoms with Gasteiger partial charge >= 0.3 is 13.2 Å². The van der Waals surface area contributed by atoms with Gasteiger partial charge in [-0.05, 0) is 76.6 Å². The van der Waals surface area contributed by atoms with E-state index in [4.69, 9.17) is 10.00 Å². The molecule has 0 aliphatic carbocycles. The molecule has 3 aliphatic rings. The lowest BCUT2D eigenvalue weighted by Gasteiger charge is -2.38. The minimum atomic E-state index is -0.728. The first kappa shape index (κ1) is 26.1. The Bertz CT molecular complexity index is 1010. The third-order valence-electron chi connectivity index (χ3n) is 7.69. The summed E-state index contributed by atoms with van der Waals surface area (Å²) in [5.41, 5.74) is 1.18. The summed E-state index contributed by atoms with van der Waals surface area (Å²) in [5.74, 6) is 1.70. The van der Waals surface area contributed by atoms with E-state index in [2.05, 4.69) is 32.1 Å². The number of carbonyl (C=O) groups excluding carboxylic acids is 3. The molecule has 3 aliphatic heterocycles. The van der Waals surface area contributed by atoms with Gasteiger partial charge in [-0.25, -0.2) is 5.26 Å². The predicted octanol–water partition coefficient (Wildman–Crippen LogP) is 1.73. The van der Waals surface area contributed by atoms with Crippen LogP contribution in [0.15, 0.2) is 18.5 Å². The fourth-order valence-corrected chi connectivity index (χ4v) is 5.49. The Hall–Kier alpha value is -2.93. The van der Waals surface area contributed by atoms with Gasteiger partial charge in [-0.3, -0.25) is 24.7 Å². The maximum atomic E-state index is 12.5. The third-order valence-corrected chi connectivity index (χ3v) is 7.69. The molecule has 10 heteroatoms. The number of anilines is 1. The number of carbonyl (C=O) groups is 3. The number of amides is 2. The number of hydrogen-bond donors (Lipinski definition) is 1. The van der Waals surface area contributed by atoms with Crippen molar-refractivity contribution in [2.45, 2.75) is 63.8 Å².